The van der Waals surface area contributed by atoms with Crippen molar-refractivity contribution in [1.82, 2.24) is 19.9 Å². The monoisotopic (exact) mass is 324 g/mol. The number of hydrogen-bond donors (Lipinski definition) is 1. The number of H-pyrrole nitrogens is 1. The standard InChI is InChI=1S/C21H16N4/c1-2-13-7-9-14(10-8-13)21-24-19-11-17-18(12-20(19)25-21)23-16-6-4-3-5-15(16)22-17/h3-12,22H,2H2,1H3. The summed E-state index contributed by atoms with van der Waals surface area (Å²) in [4.78, 5) is 17.6. The van der Waals surface area contributed by atoms with E-state index in [1.165, 1.54) is 5.56 Å². The van der Waals surface area contributed by atoms with Crippen molar-refractivity contribution >= 4 is 33.1 Å². The van der Waals surface area contributed by atoms with E-state index in [4.69, 9.17) is 15.0 Å². The maximum absolute atomic E-state index is 4.73. The van der Waals surface area contributed by atoms with Crippen molar-refractivity contribution in [3.63, 3.8) is 0 Å². The average Bonchev–Trinajstić information content (AvgIpc) is 3.07. The Hall–Kier alpha value is -3.27. The molecule has 0 aliphatic heterocycles. The van der Waals surface area contributed by atoms with Gasteiger partial charge < -0.3 is 4.98 Å². The number of aryl methyl sites for hydroxylation is 1. The first-order valence-corrected chi connectivity index (χ1v) is 8.46. The van der Waals surface area contributed by atoms with E-state index in [9.17, 15) is 0 Å². The van der Waals surface area contributed by atoms with Crippen LogP contribution in [0.3, 0.4) is 0 Å². The molecule has 0 aliphatic rings. The summed E-state index contributed by atoms with van der Waals surface area (Å²) in [6.07, 6.45) is 1.03. The molecule has 1 N–H and O–H groups in total. The first-order chi connectivity index (χ1) is 12.3. The van der Waals surface area contributed by atoms with Gasteiger partial charge in [-0.05, 0) is 36.2 Å². The van der Waals surface area contributed by atoms with E-state index < -0.39 is 0 Å². The molecule has 4 nitrogen and oxygen atoms in total. The van der Waals surface area contributed by atoms with Crippen molar-refractivity contribution in [2.75, 3.05) is 0 Å². The van der Waals surface area contributed by atoms with Crippen LogP contribution in [0.2, 0.25) is 0 Å². The van der Waals surface area contributed by atoms with Crippen molar-refractivity contribution in [2.45, 2.75) is 13.3 Å². The highest BCUT2D eigenvalue weighted by atomic mass is 14.9. The number of benzene rings is 3. The Bertz CT molecular complexity index is 1150. The summed E-state index contributed by atoms with van der Waals surface area (Å²) in [6.45, 7) is 2.15. The first kappa shape index (κ1) is 14.1. The zero-order chi connectivity index (χ0) is 16.8. The van der Waals surface area contributed by atoms with E-state index in [0.29, 0.717) is 0 Å². The van der Waals surface area contributed by atoms with Crippen LogP contribution in [0.25, 0.3) is 44.5 Å². The SMILES string of the molecule is CCc1ccc(-c2nc3cc4nc5ccccc5[nH]c4cc3n2)cc1. The molecular weight excluding hydrogens is 308 g/mol. The first-order valence-electron chi connectivity index (χ1n) is 8.46. The number of hydrogen-bond acceptors (Lipinski definition) is 3. The van der Waals surface area contributed by atoms with Crippen molar-refractivity contribution in [3.8, 4) is 11.4 Å². The number of aromatic nitrogens is 4. The number of imidazole rings is 1. The van der Waals surface area contributed by atoms with Crippen LogP contribution in [0.15, 0.2) is 60.7 Å². The Morgan fingerprint density at radius 2 is 1.48 bits per heavy atom. The molecule has 5 rings (SSSR count). The lowest BCUT2D eigenvalue weighted by molar-refractivity contribution is 1.14. The van der Waals surface area contributed by atoms with E-state index in [-0.39, 0.29) is 0 Å². The third-order valence-corrected chi connectivity index (χ3v) is 4.58. The van der Waals surface area contributed by atoms with Gasteiger partial charge in [-0.2, -0.15) is 0 Å². The van der Waals surface area contributed by atoms with Gasteiger partial charge in [0.15, 0.2) is 5.82 Å². The van der Waals surface area contributed by atoms with Crippen LogP contribution in [-0.4, -0.2) is 19.9 Å². The van der Waals surface area contributed by atoms with Gasteiger partial charge in [-0.1, -0.05) is 43.3 Å². The largest absolute Gasteiger partial charge is 0.352 e. The van der Waals surface area contributed by atoms with Crippen molar-refractivity contribution in [1.29, 1.82) is 0 Å². The van der Waals surface area contributed by atoms with Crippen LogP contribution in [-0.2, 0) is 6.42 Å². The minimum atomic E-state index is 0.762. The van der Waals surface area contributed by atoms with Crippen molar-refractivity contribution in [3.05, 3.63) is 66.2 Å². The highest BCUT2D eigenvalue weighted by Gasteiger charge is 2.09. The average molecular weight is 324 g/mol. The summed E-state index contributed by atoms with van der Waals surface area (Å²) < 4.78 is 0. The molecule has 25 heavy (non-hydrogen) atoms. The summed E-state index contributed by atoms with van der Waals surface area (Å²) >= 11 is 0. The van der Waals surface area contributed by atoms with Crippen LogP contribution in [0, 0.1) is 0 Å². The van der Waals surface area contributed by atoms with Gasteiger partial charge in [0.25, 0.3) is 0 Å². The van der Waals surface area contributed by atoms with Crippen LogP contribution in [0.4, 0.5) is 0 Å². The second kappa shape index (κ2) is 5.38. The van der Waals surface area contributed by atoms with E-state index in [0.717, 1.165) is 50.9 Å². The van der Waals surface area contributed by atoms with E-state index in [2.05, 4.69) is 36.2 Å². The summed E-state index contributed by atoms with van der Waals surface area (Å²) in [5, 5.41) is 0. The molecule has 2 aromatic heterocycles. The molecule has 2 heterocycles. The van der Waals surface area contributed by atoms with E-state index >= 15 is 0 Å². The minimum absolute atomic E-state index is 0.762. The van der Waals surface area contributed by atoms with Crippen molar-refractivity contribution in [2.24, 2.45) is 0 Å². The fourth-order valence-corrected chi connectivity index (χ4v) is 3.16. The van der Waals surface area contributed by atoms with Crippen LogP contribution < -0.4 is 0 Å². The topological polar surface area (TPSA) is 54.5 Å². The van der Waals surface area contributed by atoms with Gasteiger partial charge in [-0.25, -0.2) is 15.0 Å². The number of aromatic amines is 1. The Morgan fingerprint density at radius 3 is 2.28 bits per heavy atom. The molecule has 0 atom stereocenters. The van der Waals surface area contributed by atoms with Gasteiger partial charge in [-0.15, -0.1) is 0 Å². The minimum Gasteiger partial charge on any atom is -0.352 e. The van der Waals surface area contributed by atoms with Gasteiger partial charge in [0.2, 0.25) is 0 Å². The second-order valence-electron chi connectivity index (χ2n) is 6.21. The lowest BCUT2D eigenvalue weighted by Crippen LogP contribution is -1.87. The maximum Gasteiger partial charge on any atom is 0.160 e. The van der Waals surface area contributed by atoms with Gasteiger partial charge in [0.05, 0.1) is 33.1 Å². The third-order valence-electron chi connectivity index (χ3n) is 4.58. The zero-order valence-electron chi connectivity index (χ0n) is 13.8. The number of fused-ring (bicyclic) bond motifs is 3. The van der Waals surface area contributed by atoms with Crippen LogP contribution >= 0.6 is 0 Å². The molecule has 120 valence electrons. The Labute approximate surface area is 144 Å². The predicted molar refractivity (Wildman–Crippen MR) is 102 cm³/mol. The smallest absolute Gasteiger partial charge is 0.160 e. The number of rotatable bonds is 2. The quantitative estimate of drug-likeness (QED) is 0.470. The Kier molecular flexibility index (Phi) is 3.04. The molecule has 0 saturated carbocycles. The highest BCUT2D eigenvalue weighted by molar-refractivity contribution is 5.95. The van der Waals surface area contributed by atoms with Gasteiger partial charge >= 0.3 is 0 Å². The molecule has 0 amide bonds. The molecule has 0 bridgehead atoms. The predicted octanol–water partition coefficient (Wildman–Crippen LogP) is 4.89. The second-order valence-corrected chi connectivity index (χ2v) is 6.21. The fraction of sp³-hybridized carbons (Fsp3) is 0.0952. The molecule has 0 spiro atoms. The maximum atomic E-state index is 4.73. The fourth-order valence-electron chi connectivity index (χ4n) is 3.16. The molecular formula is C21H16N4. The number of nitrogens with zero attached hydrogens (tertiary/aromatic N) is 3. The van der Waals surface area contributed by atoms with Crippen LogP contribution in [0.5, 0.6) is 0 Å². The molecule has 0 aliphatic carbocycles. The summed E-state index contributed by atoms with van der Waals surface area (Å²) in [7, 11) is 0. The molecule has 3 aromatic carbocycles. The van der Waals surface area contributed by atoms with Crippen LogP contribution in [0.1, 0.15) is 12.5 Å². The molecule has 0 saturated heterocycles. The highest BCUT2D eigenvalue weighted by Crippen LogP contribution is 2.25. The van der Waals surface area contributed by atoms with E-state index in [1.807, 2.05) is 36.4 Å². The molecule has 5 aromatic rings. The summed E-state index contributed by atoms with van der Waals surface area (Å²) in [5.74, 6) is 0.762. The summed E-state index contributed by atoms with van der Waals surface area (Å²) in [5.41, 5.74) is 7.95. The number of para-hydroxylation sites is 2. The zero-order valence-corrected chi connectivity index (χ0v) is 13.8. The lowest BCUT2D eigenvalue weighted by Gasteiger charge is -2.01. The lowest BCUT2D eigenvalue weighted by atomic mass is 10.1. The van der Waals surface area contributed by atoms with E-state index in [1.54, 1.807) is 0 Å². The van der Waals surface area contributed by atoms with Gasteiger partial charge in [0.1, 0.15) is 0 Å². The molecule has 0 fully saturated rings. The Morgan fingerprint density at radius 1 is 0.720 bits per heavy atom. The van der Waals surface area contributed by atoms with Gasteiger partial charge in [0, 0.05) is 5.56 Å². The van der Waals surface area contributed by atoms with Crippen molar-refractivity contribution < 1.29 is 0 Å². The molecule has 0 radical (unpaired) electrons. The number of nitrogens with one attached hydrogen (secondary N) is 1. The Balaban J connectivity index is 1.69. The third kappa shape index (κ3) is 2.34. The molecule has 0 unspecified atom stereocenters. The molecule has 4 heteroatoms. The van der Waals surface area contributed by atoms with Gasteiger partial charge in [-0.3, -0.25) is 0 Å². The normalized spacial score (nSPS) is 11.6. The summed E-state index contributed by atoms with van der Waals surface area (Å²) in [6, 6.07) is 20.5.